The quantitative estimate of drug-likeness (QED) is 0.451. The lowest BCUT2D eigenvalue weighted by Crippen LogP contribution is -2.32. The van der Waals surface area contributed by atoms with E-state index in [1.54, 1.807) is 0 Å². The van der Waals surface area contributed by atoms with E-state index in [1.807, 2.05) is 0 Å². The number of carbonyl (C=O) groups is 1. The number of ether oxygens (including phenoxy) is 2. The van der Waals surface area contributed by atoms with Crippen molar-refractivity contribution < 1.29 is 27.9 Å². The average molecular weight is 315 g/mol. The van der Waals surface area contributed by atoms with E-state index >= 15 is 0 Å². The van der Waals surface area contributed by atoms with E-state index < -0.39 is 23.4 Å². The Hall–Kier alpha value is 0.290. The van der Waals surface area contributed by atoms with Gasteiger partial charge in [0.2, 0.25) is 3.79 Å². The number of alkyl halides is 3. The van der Waals surface area contributed by atoms with Gasteiger partial charge in [-0.25, -0.2) is 4.79 Å². The fourth-order valence-corrected chi connectivity index (χ4v) is 3.03. The molecule has 0 aliphatic carbocycles. The fourth-order valence-electron chi connectivity index (χ4n) is 0.716. The van der Waals surface area contributed by atoms with Crippen molar-refractivity contribution in [3.05, 3.63) is 0 Å². The van der Waals surface area contributed by atoms with Crippen LogP contribution in [0.1, 0.15) is 0 Å². The Bertz CT molecular complexity index is 282. The second-order valence-electron chi connectivity index (χ2n) is 2.37. The monoisotopic (exact) mass is 314 g/mol. The standard InChI is InChI=1S/C6H10Cl3O6P/c1-12-5(10)15-4(6(7,8)9)16(11,13-2)14-3/h4H,1-3H3. The molecule has 0 heterocycles. The largest absolute Gasteiger partial charge is 0.509 e. The molecule has 0 saturated heterocycles. The first-order valence-corrected chi connectivity index (χ1v) is 6.48. The summed E-state index contributed by atoms with van der Waals surface area (Å²) in [5.74, 6) is -1.73. The molecule has 0 bridgehead atoms. The van der Waals surface area contributed by atoms with Crippen molar-refractivity contribution in [2.45, 2.75) is 9.64 Å². The number of halogens is 3. The maximum atomic E-state index is 11.9. The molecule has 6 nitrogen and oxygen atoms in total. The summed E-state index contributed by atoms with van der Waals surface area (Å²) in [4.78, 5) is 10.9. The summed E-state index contributed by atoms with van der Waals surface area (Å²) < 4.78 is 27.6. The second-order valence-corrected chi connectivity index (χ2v) is 7.02. The Balaban J connectivity index is 5.10. The highest BCUT2D eigenvalue weighted by Gasteiger charge is 2.51. The average Bonchev–Trinajstić information content (AvgIpc) is 2.22. The van der Waals surface area contributed by atoms with Crippen molar-refractivity contribution in [2.24, 2.45) is 0 Å². The molecule has 0 N–H and O–H groups in total. The number of carbonyl (C=O) groups excluding carboxylic acids is 1. The van der Waals surface area contributed by atoms with Crippen molar-refractivity contribution in [2.75, 3.05) is 21.3 Å². The van der Waals surface area contributed by atoms with Gasteiger partial charge in [-0.2, -0.15) is 0 Å². The highest BCUT2D eigenvalue weighted by molar-refractivity contribution is 7.55. The Morgan fingerprint density at radius 2 is 1.62 bits per heavy atom. The molecule has 10 heteroatoms. The predicted octanol–water partition coefficient (Wildman–Crippen LogP) is 2.95. The molecule has 0 fully saturated rings. The van der Waals surface area contributed by atoms with E-state index in [9.17, 15) is 9.36 Å². The van der Waals surface area contributed by atoms with Crippen molar-refractivity contribution >= 4 is 48.6 Å². The number of methoxy groups -OCH3 is 1. The van der Waals surface area contributed by atoms with Gasteiger partial charge in [0, 0.05) is 14.2 Å². The molecule has 16 heavy (non-hydrogen) atoms. The second kappa shape index (κ2) is 6.28. The van der Waals surface area contributed by atoms with Crippen LogP contribution in [-0.4, -0.2) is 37.1 Å². The molecular formula is C6H10Cl3O6P. The van der Waals surface area contributed by atoms with E-state index in [-0.39, 0.29) is 0 Å². The highest BCUT2D eigenvalue weighted by Crippen LogP contribution is 2.59. The molecule has 96 valence electrons. The Labute approximate surface area is 108 Å². The maximum Gasteiger partial charge on any atom is 0.509 e. The van der Waals surface area contributed by atoms with Crippen molar-refractivity contribution in [1.29, 1.82) is 0 Å². The maximum absolute atomic E-state index is 11.9. The molecule has 0 aromatic heterocycles. The Morgan fingerprint density at radius 1 is 1.19 bits per heavy atom. The molecule has 0 radical (unpaired) electrons. The van der Waals surface area contributed by atoms with Gasteiger partial charge in [-0.15, -0.1) is 0 Å². The van der Waals surface area contributed by atoms with Gasteiger partial charge < -0.3 is 18.5 Å². The van der Waals surface area contributed by atoms with Gasteiger partial charge in [0.25, 0.3) is 5.85 Å². The lowest BCUT2D eigenvalue weighted by Gasteiger charge is -2.28. The lowest BCUT2D eigenvalue weighted by molar-refractivity contribution is 0.0513. The number of rotatable bonds is 4. The molecule has 0 aliphatic rings. The molecule has 0 spiro atoms. The number of hydrogen-bond acceptors (Lipinski definition) is 6. The van der Waals surface area contributed by atoms with Crippen LogP contribution in [0.25, 0.3) is 0 Å². The smallest absolute Gasteiger partial charge is 0.438 e. The van der Waals surface area contributed by atoms with E-state index in [4.69, 9.17) is 34.8 Å². The van der Waals surface area contributed by atoms with Gasteiger partial charge in [0.15, 0.2) is 0 Å². The summed E-state index contributed by atoms with van der Waals surface area (Å²) in [6.45, 7) is 0. The summed E-state index contributed by atoms with van der Waals surface area (Å²) in [7, 11) is -0.727. The lowest BCUT2D eigenvalue weighted by atomic mass is 10.8. The van der Waals surface area contributed by atoms with Crippen LogP contribution in [0.15, 0.2) is 0 Å². The van der Waals surface area contributed by atoms with Crippen molar-refractivity contribution in [3.63, 3.8) is 0 Å². The van der Waals surface area contributed by atoms with E-state index in [2.05, 4.69) is 18.5 Å². The van der Waals surface area contributed by atoms with Crippen LogP contribution in [0, 0.1) is 0 Å². The summed E-state index contributed by atoms with van der Waals surface area (Å²) in [6.07, 6.45) is -1.18. The zero-order valence-corrected chi connectivity index (χ0v) is 11.8. The normalized spacial score (nSPS) is 14.4. The van der Waals surface area contributed by atoms with Crippen LogP contribution < -0.4 is 0 Å². The third-order valence-corrected chi connectivity index (χ3v) is 4.59. The van der Waals surface area contributed by atoms with Crippen molar-refractivity contribution in [1.82, 2.24) is 0 Å². The summed E-state index contributed by atoms with van der Waals surface area (Å²) in [5.41, 5.74) is 0. The Morgan fingerprint density at radius 3 is 1.88 bits per heavy atom. The third-order valence-electron chi connectivity index (χ3n) is 1.45. The fraction of sp³-hybridized carbons (Fsp3) is 0.833. The molecule has 0 aromatic carbocycles. The van der Waals surface area contributed by atoms with Gasteiger partial charge in [-0.1, -0.05) is 34.8 Å². The first-order valence-electron chi connectivity index (χ1n) is 3.73. The van der Waals surface area contributed by atoms with E-state index in [1.165, 1.54) is 0 Å². The first-order chi connectivity index (χ1) is 7.21. The number of hydrogen-bond donors (Lipinski definition) is 0. The van der Waals surface area contributed by atoms with Gasteiger partial charge in [-0.05, 0) is 0 Å². The van der Waals surface area contributed by atoms with Crippen LogP contribution in [-0.2, 0) is 23.1 Å². The Kier molecular flexibility index (Phi) is 6.40. The van der Waals surface area contributed by atoms with Crippen molar-refractivity contribution in [3.8, 4) is 0 Å². The summed E-state index contributed by atoms with van der Waals surface area (Å²) >= 11 is 16.5. The molecule has 1 unspecified atom stereocenters. The van der Waals surface area contributed by atoms with Crippen LogP contribution >= 0.6 is 42.4 Å². The van der Waals surface area contributed by atoms with Gasteiger partial charge >= 0.3 is 13.8 Å². The molecule has 1 atom stereocenters. The zero-order valence-electron chi connectivity index (χ0n) is 8.61. The molecule has 0 amide bonds. The van der Waals surface area contributed by atoms with Crippen LogP contribution in [0.4, 0.5) is 4.79 Å². The van der Waals surface area contributed by atoms with Crippen LogP contribution in [0.2, 0.25) is 0 Å². The molecular weight excluding hydrogens is 305 g/mol. The van der Waals surface area contributed by atoms with Gasteiger partial charge in [0.05, 0.1) is 7.11 Å². The minimum absolute atomic E-state index is 1.04. The van der Waals surface area contributed by atoms with E-state index in [0.29, 0.717) is 0 Å². The topological polar surface area (TPSA) is 71.1 Å². The molecule has 0 aliphatic heterocycles. The van der Waals surface area contributed by atoms with Gasteiger partial charge in [0.1, 0.15) is 0 Å². The minimum Gasteiger partial charge on any atom is -0.438 e. The summed E-state index contributed by atoms with van der Waals surface area (Å²) in [5, 5.41) is 0. The SMILES string of the molecule is COC(=O)OC(C(Cl)(Cl)Cl)P(=O)(OC)OC. The highest BCUT2D eigenvalue weighted by atomic mass is 35.6. The van der Waals surface area contributed by atoms with Crippen LogP contribution in [0.3, 0.4) is 0 Å². The minimum atomic E-state index is -3.90. The van der Waals surface area contributed by atoms with Crippen LogP contribution in [0.5, 0.6) is 0 Å². The first kappa shape index (κ1) is 16.3. The summed E-state index contributed by atoms with van der Waals surface area (Å²) in [6, 6.07) is 0. The van der Waals surface area contributed by atoms with E-state index in [0.717, 1.165) is 21.3 Å². The van der Waals surface area contributed by atoms with Gasteiger partial charge in [-0.3, -0.25) is 4.57 Å². The predicted molar refractivity (Wildman–Crippen MR) is 59.2 cm³/mol. The zero-order chi connectivity index (χ0) is 13.0. The third kappa shape index (κ3) is 4.28. The molecule has 0 aromatic rings. The molecule has 0 saturated carbocycles. The molecule has 0 rings (SSSR count).